The molecule has 0 saturated heterocycles. The van der Waals surface area contributed by atoms with E-state index in [-0.39, 0.29) is 6.54 Å². The Morgan fingerprint density at radius 1 is 1.37 bits per heavy atom. The number of aromatic nitrogens is 6. The lowest BCUT2D eigenvalue weighted by molar-refractivity contribution is 0.0675. The number of carboxylic acids is 1. The molecule has 2 aromatic rings. The Balaban J connectivity index is 2.41. The number of hydrogen-bond donors (Lipinski definition) is 1. The van der Waals surface area contributed by atoms with Crippen molar-refractivity contribution in [1.82, 2.24) is 29.8 Å². The number of rotatable bonds is 4. The Morgan fingerprint density at radius 2 is 2.05 bits per heavy atom. The summed E-state index contributed by atoms with van der Waals surface area (Å²) in [6.45, 7) is 1.58. The smallest absolute Gasteiger partial charge is 0.358 e. The van der Waals surface area contributed by atoms with Crippen molar-refractivity contribution in [1.29, 1.82) is 0 Å². The molecule has 0 amide bonds. The van der Waals surface area contributed by atoms with E-state index in [1.54, 1.807) is 18.5 Å². The minimum absolute atomic E-state index is 0.128. The molecular weight excluding hydrogens is 262 g/mol. The van der Waals surface area contributed by atoms with Crippen LogP contribution in [0.3, 0.4) is 0 Å². The summed E-state index contributed by atoms with van der Waals surface area (Å²) < 4.78 is 28.2. The van der Waals surface area contributed by atoms with Gasteiger partial charge in [-0.2, -0.15) is 0 Å². The molecule has 0 radical (unpaired) electrons. The first-order valence-electron chi connectivity index (χ1n) is 5.21. The summed E-state index contributed by atoms with van der Waals surface area (Å²) in [4.78, 5) is 10.8. The van der Waals surface area contributed by atoms with Crippen LogP contribution >= 0.6 is 0 Å². The zero-order chi connectivity index (χ0) is 14.2. The molecule has 0 aliphatic rings. The molecule has 0 aliphatic carbocycles. The number of aryl methyl sites for hydroxylation is 1. The van der Waals surface area contributed by atoms with Crippen LogP contribution in [0.1, 0.15) is 34.3 Å². The highest BCUT2D eigenvalue weighted by Crippen LogP contribution is 2.22. The lowest BCUT2D eigenvalue weighted by Crippen LogP contribution is -2.13. The molecule has 0 aliphatic heterocycles. The van der Waals surface area contributed by atoms with Gasteiger partial charge in [0.05, 0.1) is 0 Å². The summed E-state index contributed by atoms with van der Waals surface area (Å²) >= 11 is 0. The van der Waals surface area contributed by atoms with Crippen molar-refractivity contribution < 1.29 is 18.7 Å². The third-order valence-electron chi connectivity index (χ3n) is 2.66. The predicted octanol–water partition coefficient (Wildman–Crippen LogP) is 0.399. The molecular formula is C9H10F2N6O2. The molecule has 1 N–H and O–H groups in total. The van der Waals surface area contributed by atoms with E-state index in [9.17, 15) is 13.6 Å². The van der Waals surface area contributed by atoms with Crippen molar-refractivity contribution in [3.05, 3.63) is 23.0 Å². The highest BCUT2D eigenvalue weighted by Gasteiger charge is 2.27. The predicted molar refractivity (Wildman–Crippen MR) is 56.8 cm³/mol. The van der Waals surface area contributed by atoms with Gasteiger partial charge in [0, 0.05) is 7.05 Å². The summed E-state index contributed by atoms with van der Waals surface area (Å²) in [6.07, 6.45) is -2.99. The highest BCUT2D eigenvalue weighted by molar-refractivity contribution is 5.86. The van der Waals surface area contributed by atoms with Gasteiger partial charge in [0.15, 0.2) is 11.5 Å². The molecule has 0 saturated carbocycles. The fourth-order valence-electron chi connectivity index (χ4n) is 1.53. The van der Waals surface area contributed by atoms with Gasteiger partial charge in [-0.15, -0.1) is 15.3 Å². The Bertz CT molecular complexity index is 620. The normalized spacial score (nSPS) is 11.2. The summed E-state index contributed by atoms with van der Waals surface area (Å²) in [5.74, 6) is -0.566. The van der Waals surface area contributed by atoms with E-state index in [2.05, 4.69) is 20.5 Å². The SMILES string of the molecule is Cc1nnc(Cn2nnc(C(=O)O)c2C(F)F)n1C. The van der Waals surface area contributed by atoms with E-state index >= 15 is 0 Å². The molecule has 0 spiro atoms. The largest absolute Gasteiger partial charge is 0.476 e. The number of carboxylic acid groups (broad SMARTS) is 1. The maximum absolute atomic E-state index is 12.9. The fraction of sp³-hybridized carbons (Fsp3) is 0.444. The van der Waals surface area contributed by atoms with Gasteiger partial charge in [0.2, 0.25) is 0 Å². The second-order valence-electron chi connectivity index (χ2n) is 3.81. The van der Waals surface area contributed by atoms with Crippen LogP contribution in [0.15, 0.2) is 0 Å². The number of nitrogens with zero attached hydrogens (tertiary/aromatic N) is 6. The zero-order valence-electron chi connectivity index (χ0n) is 10.1. The van der Waals surface area contributed by atoms with Gasteiger partial charge in [-0.3, -0.25) is 0 Å². The van der Waals surface area contributed by atoms with Crippen LogP contribution in [-0.2, 0) is 13.6 Å². The molecule has 2 heterocycles. The van der Waals surface area contributed by atoms with Gasteiger partial charge in [-0.05, 0) is 6.92 Å². The van der Waals surface area contributed by atoms with E-state index in [1.807, 2.05) is 0 Å². The van der Waals surface area contributed by atoms with Gasteiger partial charge in [-0.1, -0.05) is 5.21 Å². The molecule has 0 atom stereocenters. The molecule has 0 aromatic carbocycles. The Morgan fingerprint density at radius 3 is 2.53 bits per heavy atom. The number of aromatic carboxylic acids is 1. The molecule has 0 bridgehead atoms. The summed E-state index contributed by atoms with van der Waals surface area (Å²) in [5.41, 5.74) is -1.50. The van der Waals surface area contributed by atoms with Crippen molar-refractivity contribution >= 4 is 5.97 Å². The van der Waals surface area contributed by atoms with Crippen molar-refractivity contribution in [2.24, 2.45) is 7.05 Å². The van der Waals surface area contributed by atoms with Crippen LogP contribution in [-0.4, -0.2) is 40.8 Å². The van der Waals surface area contributed by atoms with Crippen LogP contribution in [0.4, 0.5) is 8.78 Å². The third-order valence-corrected chi connectivity index (χ3v) is 2.66. The Labute approximate surface area is 105 Å². The average molecular weight is 272 g/mol. The second kappa shape index (κ2) is 4.71. The molecule has 102 valence electrons. The van der Waals surface area contributed by atoms with Crippen LogP contribution in [0.5, 0.6) is 0 Å². The quantitative estimate of drug-likeness (QED) is 0.864. The standard InChI is InChI=1S/C9H10F2N6O2/c1-4-12-13-5(16(4)2)3-17-7(8(10)11)6(9(18)19)14-15-17/h8H,3H2,1-2H3,(H,18,19). The number of alkyl halides is 2. The second-order valence-corrected chi connectivity index (χ2v) is 3.81. The van der Waals surface area contributed by atoms with Crippen LogP contribution < -0.4 is 0 Å². The van der Waals surface area contributed by atoms with E-state index < -0.39 is 23.8 Å². The highest BCUT2D eigenvalue weighted by atomic mass is 19.3. The summed E-state index contributed by atoms with van der Waals surface area (Å²) in [7, 11) is 1.67. The van der Waals surface area contributed by atoms with Crippen molar-refractivity contribution in [2.75, 3.05) is 0 Å². The molecule has 10 heteroatoms. The maximum atomic E-state index is 12.9. The summed E-state index contributed by atoms with van der Waals surface area (Å²) in [5, 5.41) is 23.0. The zero-order valence-corrected chi connectivity index (χ0v) is 10.1. The van der Waals surface area contributed by atoms with Crippen molar-refractivity contribution in [2.45, 2.75) is 19.9 Å². The number of hydrogen-bond acceptors (Lipinski definition) is 5. The van der Waals surface area contributed by atoms with Crippen molar-refractivity contribution in [3.63, 3.8) is 0 Å². The molecule has 0 unspecified atom stereocenters. The minimum atomic E-state index is -2.99. The molecule has 2 rings (SSSR count). The molecule has 19 heavy (non-hydrogen) atoms. The fourth-order valence-corrected chi connectivity index (χ4v) is 1.53. The Hall–Kier alpha value is -2.39. The van der Waals surface area contributed by atoms with Crippen LogP contribution in [0, 0.1) is 6.92 Å². The Kier molecular flexibility index (Phi) is 3.23. The van der Waals surface area contributed by atoms with Crippen LogP contribution in [0.25, 0.3) is 0 Å². The van der Waals surface area contributed by atoms with E-state index in [0.29, 0.717) is 11.6 Å². The van der Waals surface area contributed by atoms with Gasteiger partial charge in [0.1, 0.15) is 18.1 Å². The number of halogens is 2. The van der Waals surface area contributed by atoms with E-state index in [0.717, 1.165) is 4.68 Å². The van der Waals surface area contributed by atoms with Crippen LogP contribution in [0.2, 0.25) is 0 Å². The van der Waals surface area contributed by atoms with Gasteiger partial charge >= 0.3 is 5.97 Å². The third kappa shape index (κ3) is 2.28. The monoisotopic (exact) mass is 272 g/mol. The van der Waals surface area contributed by atoms with Crippen molar-refractivity contribution in [3.8, 4) is 0 Å². The first kappa shape index (κ1) is 13.1. The first-order chi connectivity index (χ1) is 8.91. The van der Waals surface area contributed by atoms with E-state index in [4.69, 9.17) is 5.11 Å². The average Bonchev–Trinajstić information content (AvgIpc) is 2.88. The van der Waals surface area contributed by atoms with Gasteiger partial charge in [0.25, 0.3) is 6.43 Å². The van der Waals surface area contributed by atoms with Gasteiger partial charge < -0.3 is 9.67 Å². The lowest BCUT2D eigenvalue weighted by Gasteiger charge is -2.05. The molecule has 8 nitrogen and oxygen atoms in total. The summed E-state index contributed by atoms with van der Waals surface area (Å²) in [6, 6.07) is 0. The van der Waals surface area contributed by atoms with Gasteiger partial charge in [-0.25, -0.2) is 18.3 Å². The first-order valence-corrected chi connectivity index (χ1v) is 5.21. The minimum Gasteiger partial charge on any atom is -0.476 e. The lowest BCUT2D eigenvalue weighted by atomic mass is 10.3. The molecule has 0 fully saturated rings. The molecule has 2 aromatic heterocycles. The number of carbonyl (C=O) groups is 1. The topological polar surface area (TPSA) is 98.7 Å². The van der Waals surface area contributed by atoms with E-state index in [1.165, 1.54) is 0 Å². The maximum Gasteiger partial charge on any atom is 0.358 e.